The monoisotopic (exact) mass is 216 g/mol. The normalized spacial score (nSPS) is 9.73. The van der Waals surface area contributed by atoms with Crippen LogP contribution in [0.2, 0.25) is 0 Å². The lowest BCUT2D eigenvalue weighted by Gasteiger charge is -2.07. The van der Waals surface area contributed by atoms with Gasteiger partial charge >= 0.3 is 0 Å². The van der Waals surface area contributed by atoms with E-state index in [-0.39, 0.29) is 5.75 Å². The minimum Gasteiger partial charge on any atom is -0.503 e. The van der Waals surface area contributed by atoms with Crippen molar-refractivity contribution in [1.82, 2.24) is 0 Å². The predicted molar refractivity (Wildman–Crippen MR) is 47.1 cm³/mol. The Morgan fingerprint density at radius 3 is 2.55 bits per heavy atom. The predicted octanol–water partition coefficient (Wildman–Crippen LogP) is 2.47. The molecule has 0 amide bonds. The Morgan fingerprint density at radius 2 is 2.09 bits per heavy atom. The summed E-state index contributed by atoms with van der Waals surface area (Å²) in [6, 6.07) is 3.66. The van der Waals surface area contributed by atoms with Crippen LogP contribution in [0.5, 0.6) is 11.5 Å². The van der Waals surface area contributed by atoms with E-state index in [1.165, 1.54) is 7.11 Å². The summed E-state index contributed by atoms with van der Waals surface area (Å²) in [6.07, 6.45) is 0. The summed E-state index contributed by atoms with van der Waals surface area (Å²) in [5, 5.41) is 9.41. The molecular weight excluding hydrogens is 208 g/mol. The third-order valence-electron chi connectivity index (χ3n) is 1.48. The lowest BCUT2D eigenvalue weighted by atomic mass is 10.2. The van der Waals surface area contributed by atoms with Crippen LogP contribution < -0.4 is 4.74 Å². The first-order valence-electron chi connectivity index (χ1n) is 3.19. The molecule has 0 aromatic heterocycles. The van der Waals surface area contributed by atoms with Crippen molar-refractivity contribution >= 4 is 15.9 Å². The molecule has 1 N–H and O–H groups in total. The van der Waals surface area contributed by atoms with E-state index >= 15 is 0 Å². The molecule has 0 radical (unpaired) electrons. The Hall–Kier alpha value is -0.700. The van der Waals surface area contributed by atoms with Gasteiger partial charge in [0, 0.05) is 0 Å². The lowest BCUT2D eigenvalue weighted by Crippen LogP contribution is -1.87. The second kappa shape index (κ2) is 3.13. The highest BCUT2D eigenvalue weighted by atomic mass is 79.9. The molecule has 1 rings (SSSR count). The van der Waals surface area contributed by atoms with Gasteiger partial charge in [-0.3, -0.25) is 0 Å². The molecule has 1 aromatic carbocycles. The maximum absolute atomic E-state index is 9.41. The fourth-order valence-electron chi connectivity index (χ4n) is 0.906. The van der Waals surface area contributed by atoms with Gasteiger partial charge in [0.05, 0.1) is 11.6 Å². The van der Waals surface area contributed by atoms with Crippen molar-refractivity contribution in [3.8, 4) is 11.5 Å². The zero-order valence-electron chi connectivity index (χ0n) is 6.39. The maximum atomic E-state index is 9.41. The van der Waals surface area contributed by atoms with Gasteiger partial charge in [0.15, 0.2) is 11.5 Å². The third kappa shape index (κ3) is 1.48. The van der Waals surface area contributed by atoms with Crippen LogP contribution in [0.3, 0.4) is 0 Å². The second-order valence-electron chi connectivity index (χ2n) is 2.25. The quantitative estimate of drug-likeness (QED) is 0.782. The molecule has 0 aliphatic rings. The molecule has 0 saturated heterocycles. The Balaban J connectivity index is 3.29. The minimum atomic E-state index is 0.160. The van der Waals surface area contributed by atoms with Gasteiger partial charge in [0.1, 0.15) is 0 Å². The molecule has 11 heavy (non-hydrogen) atoms. The summed E-state index contributed by atoms with van der Waals surface area (Å²) in [6.45, 7) is 1.88. The van der Waals surface area contributed by atoms with Crippen molar-refractivity contribution in [2.45, 2.75) is 6.92 Å². The van der Waals surface area contributed by atoms with Gasteiger partial charge in [0.2, 0.25) is 0 Å². The highest BCUT2D eigenvalue weighted by molar-refractivity contribution is 9.10. The molecule has 0 fully saturated rings. The van der Waals surface area contributed by atoms with Gasteiger partial charge in [-0.1, -0.05) is 6.07 Å². The van der Waals surface area contributed by atoms with E-state index in [9.17, 15) is 5.11 Å². The van der Waals surface area contributed by atoms with Gasteiger partial charge in [-0.05, 0) is 34.5 Å². The number of phenolic OH excluding ortho intramolecular Hbond substituents is 1. The summed E-state index contributed by atoms with van der Waals surface area (Å²) in [4.78, 5) is 0. The number of aromatic hydroxyl groups is 1. The van der Waals surface area contributed by atoms with Crippen LogP contribution in [-0.2, 0) is 0 Å². The van der Waals surface area contributed by atoms with E-state index in [1.54, 1.807) is 6.07 Å². The lowest BCUT2D eigenvalue weighted by molar-refractivity contribution is 0.369. The summed E-state index contributed by atoms with van der Waals surface area (Å²) >= 11 is 3.19. The van der Waals surface area contributed by atoms with Gasteiger partial charge in [-0.15, -0.1) is 0 Å². The van der Waals surface area contributed by atoms with E-state index in [2.05, 4.69) is 15.9 Å². The van der Waals surface area contributed by atoms with Crippen molar-refractivity contribution in [3.63, 3.8) is 0 Å². The third-order valence-corrected chi connectivity index (χ3v) is 2.12. The minimum absolute atomic E-state index is 0.160. The second-order valence-corrected chi connectivity index (χ2v) is 3.10. The molecule has 0 aliphatic carbocycles. The molecule has 0 aliphatic heterocycles. The zero-order chi connectivity index (χ0) is 8.43. The van der Waals surface area contributed by atoms with Crippen molar-refractivity contribution < 1.29 is 9.84 Å². The highest BCUT2D eigenvalue weighted by Crippen LogP contribution is 2.36. The van der Waals surface area contributed by atoms with Crippen LogP contribution in [0.15, 0.2) is 16.6 Å². The fourth-order valence-corrected chi connectivity index (χ4v) is 1.22. The Morgan fingerprint density at radius 1 is 1.45 bits per heavy atom. The number of hydrogen-bond acceptors (Lipinski definition) is 2. The molecule has 0 bridgehead atoms. The molecular formula is C8H9BrO2. The van der Waals surface area contributed by atoms with E-state index in [1.807, 2.05) is 13.0 Å². The number of hydrogen-bond donors (Lipinski definition) is 1. The fraction of sp³-hybridized carbons (Fsp3) is 0.250. The average molecular weight is 217 g/mol. The van der Waals surface area contributed by atoms with E-state index in [4.69, 9.17) is 4.74 Å². The first kappa shape index (κ1) is 8.40. The molecule has 1 aromatic rings. The molecule has 0 spiro atoms. The molecule has 2 nitrogen and oxygen atoms in total. The van der Waals surface area contributed by atoms with Crippen LogP contribution in [-0.4, -0.2) is 12.2 Å². The topological polar surface area (TPSA) is 29.5 Å². The molecule has 0 atom stereocenters. The van der Waals surface area contributed by atoms with Gasteiger partial charge in [-0.25, -0.2) is 0 Å². The van der Waals surface area contributed by atoms with Crippen LogP contribution in [0.1, 0.15) is 5.56 Å². The number of halogens is 1. The standard InChI is InChI=1S/C8H9BrO2/c1-5-3-4-6(9)7(10)8(5)11-2/h3-4,10H,1-2H3. The van der Waals surface area contributed by atoms with E-state index in [0.29, 0.717) is 10.2 Å². The molecule has 0 saturated carbocycles. The SMILES string of the molecule is COc1c(C)ccc(Br)c1O. The average Bonchev–Trinajstić information content (AvgIpc) is 1.99. The van der Waals surface area contributed by atoms with Crippen molar-refractivity contribution in [3.05, 3.63) is 22.2 Å². The van der Waals surface area contributed by atoms with E-state index < -0.39 is 0 Å². The number of benzene rings is 1. The van der Waals surface area contributed by atoms with Gasteiger partial charge in [-0.2, -0.15) is 0 Å². The van der Waals surface area contributed by atoms with Crippen LogP contribution >= 0.6 is 15.9 Å². The molecule has 3 heteroatoms. The molecule has 0 unspecified atom stereocenters. The highest BCUT2D eigenvalue weighted by Gasteiger charge is 2.07. The Kier molecular flexibility index (Phi) is 2.39. The molecule has 0 heterocycles. The Labute approximate surface area is 73.9 Å². The van der Waals surface area contributed by atoms with Crippen molar-refractivity contribution in [1.29, 1.82) is 0 Å². The summed E-state index contributed by atoms with van der Waals surface area (Å²) in [7, 11) is 1.54. The number of phenols is 1. The number of aryl methyl sites for hydroxylation is 1. The summed E-state index contributed by atoms with van der Waals surface area (Å²) in [5.41, 5.74) is 0.924. The van der Waals surface area contributed by atoms with Crippen molar-refractivity contribution in [2.24, 2.45) is 0 Å². The van der Waals surface area contributed by atoms with E-state index in [0.717, 1.165) is 5.56 Å². The Bertz CT molecular complexity index is 271. The van der Waals surface area contributed by atoms with Gasteiger partial charge in [0.25, 0.3) is 0 Å². The van der Waals surface area contributed by atoms with Crippen LogP contribution in [0.4, 0.5) is 0 Å². The van der Waals surface area contributed by atoms with Crippen molar-refractivity contribution in [2.75, 3.05) is 7.11 Å². The first-order chi connectivity index (χ1) is 5.16. The first-order valence-corrected chi connectivity index (χ1v) is 3.98. The smallest absolute Gasteiger partial charge is 0.172 e. The number of methoxy groups -OCH3 is 1. The summed E-state index contributed by atoms with van der Waals surface area (Å²) < 4.78 is 5.63. The van der Waals surface area contributed by atoms with Crippen LogP contribution in [0, 0.1) is 6.92 Å². The summed E-state index contributed by atoms with van der Waals surface area (Å²) in [5.74, 6) is 0.687. The van der Waals surface area contributed by atoms with Crippen LogP contribution in [0.25, 0.3) is 0 Å². The maximum Gasteiger partial charge on any atom is 0.172 e. The zero-order valence-corrected chi connectivity index (χ0v) is 7.97. The molecule has 60 valence electrons. The van der Waals surface area contributed by atoms with Gasteiger partial charge < -0.3 is 9.84 Å². The number of rotatable bonds is 1. The largest absolute Gasteiger partial charge is 0.503 e. The number of ether oxygens (including phenoxy) is 1.